The lowest BCUT2D eigenvalue weighted by Gasteiger charge is -2.11. The predicted molar refractivity (Wildman–Crippen MR) is 116 cm³/mol. The van der Waals surface area contributed by atoms with Crippen molar-refractivity contribution in [2.24, 2.45) is 0 Å². The van der Waals surface area contributed by atoms with Crippen LogP contribution in [0.15, 0.2) is 72.8 Å². The number of nitriles is 1. The molecule has 0 aliphatic carbocycles. The standard InChI is InChI=1S/C24H21N3O3/c1-16(2)30-22-11-9-20(10-12-22)26-23(28)18-6-4-7-19(14-18)24(29)27-21-8-3-5-17(13-21)15-25/h3-14,16H,1-2H3,(H,26,28)(H,27,29). The van der Waals surface area contributed by atoms with Crippen molar-refractivity contribution in [2.45, 2.75) is 20.0 Å². The molecule has 2 amide bonds. The average Bonchev–Trinajstić information content (AvgIpc) is 2.75. The fourth-order valence-corrected chi connectivity index (χ4v) is 2.76. The molecule has 6 nitrogen and oxygen atoms in total. The topological polar surface area (TPSA) is 91.2 Å². The Morgan fingerprint density at radius 3 is 2.03 bits per heavy atom. The van der Waals surface area contributed by atoms with E-state index in [2.05, 4.69) is 10.6 Å². The maximum atomic E-state index is 12.6. The second-order valence-electron chi connectivity index (χ2n) is 6.87. The first kappa shape index (κ1) is 20.6. The van der Waals surface area contributed by atoms with Crippen LogP contribution in [0.2, 0.25) is 0 Å². The molecule has 2 N–H and O–H groups in total. The van der Waals surface area contributed by atoms with Crippen LogP contribution in [-0.2, 0) is 0 Å². The zero-order chi connectivity index (χ0) is 21.5. The number of rotatable bonds is 6. The van der Waals surface area contributed by atoms with Gasteiger partial charge in [0, 0.05) is 22.5 Å². The molecule has 0 fully saturated rings. The Morgan fingerprint density at radius 1 is 0.833 bits per heavy atom. The predicted octanol–water partition coefficient (Wildman–Crippen LogP) is 4.85. The van der Waals surface area contributed by atoms with Crippen LogP contribution in [0, 0.1) is 11.3 Å². The van der Waals surface area contributed by atoms with Crippen LogP contribution in [0.4, 0.5) is 11.4 Å². The van der Waals surface area contributed by atoms with Gasteiger partial charge in [-0.25, -0.2) is 0 Å². The Kier molecular flexibility index (Phi) is 6.46. The molecule has 0 atom stereocenters. The van der Waals surface area contributed by atoms with Crippen molar-refractivity contribution in [1.82, 2.24) is 0 Å². The molecule has 0 radical (unpaired) electrons. The molecule has 0 unspecified atom stereocenters. The number of amides is 2. The summed E-state index contributed by atoms with van der Waals surface area (Å²) in [4.78, 5) is 25.1. The molecule has 0 saturated heterocycles. The highest BCUT2D eigenvalue weighted by molar-refractivity contribution is 6.08. The van der Waals surface area contributed by atoms with Crippen LogP contribution in [0.3, 0.4) is 0 Å². The van der Waals surface area contributed by atoms with Crippen LogP contribution in [-0.4, -0.2) is 17.9 Å². The third kappa shape index (κ3) is 5.46. The molecule has 0 aliphatic rings. The number of ether oxygens (including phenoxy) is 1. The fraction of sp³-hybridized carbons (Fsp3) is 0.125. The molecular formula is C24H21N3O3. The Labute approximate surface area is 175 Å². The number of benzene rings is 3. The molecule has 3 aromatic rings. The Balaban J connectivity index is 1.68. The first-order chi connectivity index (χ1) is 14.4. The second-order valence-corrected chi connectivity index (χ2v) is 6.87. The summed E-state index contributed by atoms with van der Waals surface area (Å²) >= 11 is 0. The monoisotopic (exact) mass is 399 g/mol. The SMILES string of the molecule is CC(C)Oc1ccc(NC(=O)c2cccc(C(=O)Nc3cccc(C#N)c3)c2)cc1. The number of carbonyl (C=O) groups is 2. The quantitative estimate of drug-likeness (QED) is 0.620. The molecule has 0 heterocycles. The van der Waals surface area contributed by atoms with Gasteiger partial charge >= 0.3 is 0 Å². The lowest BCUT2D eigenvalue weighted by Crippen LogP contribution is -2.15. The number of anilines is 2. The summed E-state index contributed by atoms with van der Waals surface area (Å²) in [7, 11) is 0. The summed E-state index contributed by atoms with van der Waals surface area (Å²) in [6.45, 7) is 3.89. The van der Waals surface area contributed by atoms with Gasteiger partial charge in [-0.1, -0.05) is 12.1 Å². The van der Waals surface area contributed by atoms with Crippen molar-refractivity contribution in [3.63, 3.8) is 0 Å². The highest BCUT2D eigenvalue weighted by atomic mass is 16.5. The fourth-order valence-electron chi connectivity index (χ4n) is 2.76. The van der Waals surface area contributed by atoms with Crippen molar-refractivity contribution >= 4 is 23.2 Å². The van der Waals surface area contributed by atoms with E-state index in [9.17, 15) is 9.59 Å². The summed E-state index contributed by atoms with van der Waals surface area (Å²) in [6.07, 6.45) is 0.0710. The molecule has 3 aromatic carbocycles. The minimum absolute atomic E-state index is 0.0710. The van der Waals surface area contributed by atoms with Crippen LogP contribution >= 0.6 is 0 Å². The maximum absolute atomic E-state index is 12.6. The molecule has 6 heteroatoms. The third-order valence-corrected chi connectivity index (χ3v) is 4.12. The van der Waals surface area contributed by atoms with Crippen molar-refractivity contribution in [1.29, 1.82) is 5.26 Å². The molecule has 0 aromatic heterocycles. The molecule has 150 valence electrons. The van der Waals surface area contributed by atoms with Gasteiger partial charge in [0.25, 0.3) is 11.8 Å². The van der Waals surface area contributed by atoms with E-state index < -0.39 is 0 Å². The zero-order valence-corrected chi connectivity index (χ0v) is 16.7. The molecule has 0 bridgehead atoms. The minimum atomic E-state index is -0.366. The average molecular weight is 399 g/mol. The van der Waals surface area contributed by atoms with Crippen molar-refractivity contribution in [2.75, 3.05) is 10.6 Å². The van der Waals surface area contributed by atoms with Crippen molar-refractivity contribution in [3.8, 4) is 11.8 Å². The first-order valence-corrected chi connectivity index (χ1v) is 9.44. The van der Waals surface area contributed by atoms with E-state index in [-0.39, 0.29) is 17.9 Å². The van der Waals surface area contributed by atoms with Crippen LogP contribution in [0.5, 0.6) is 5.75 Å². The van der Waals surface area contributed by atoms with E-state index >= 15 is 0 Å². The van der Waals surface area contributed by atoms with Gasteiger partial charge in [-0.05, 0) is 74.5 Å². The largest absolute Gasteiger partial charge is 0.491 e. The Bertz CT molecular complexity index is 1100. The number of nitrogens with zero attached hydrogens (tertiary/aromatic N) is 1. The number of hydrogen-bond donors (Lipinski definition) is 2. The molecule has 0 saturated carbocycles. The highest BCUT2D eigenvalue weighted by Crippen LogP contribution is 2.18. The number of hydrogen-bond acceptors (Lipinski definition) is 4. The van der Waals surface area contributed by atoms with Gasteiger partial charge in [-0.3, -0.25) is 9.59 Å². The first-order valence-electron chi connectivity index (χ1n) is 9.44. The minimum Gasteiger partial charge on any atom is -0.491 e. The summed E-state index contributed by atoms with van der Waals surface area (Å²) in [6, 6.07) is 22.2. The third-order valence-electron chi connectivity index (χ3n) is 4.12. The molecular weight excluding hydrogens is 378 g/mol. The summed E-state index contributed by atoms with van der Waals surface area (Å²) in [5.41, 5.74) is 2.28. The number of carbonyl (C=O) groups excluding carboxylic acids is 2. The Morgan fingerprint density at radius 2 is 1.43 bits per heavy atom. The van der Waals surface area contributed by atoms with E-state index in [4.69, 9.17) is 10.00 Å². The van der Waals surface area contributed by atoms with Gasteiger partial charge in [0.15, 0.2) is 0 Å². The van der Waals surface area contributed by atoms with Gasteiger partial charge in [-0.2, -0.15) is 5.26 Å². The second kappa shape index (κ2) is 9.39. The summed E-state index contributed by atoms with van der Waals surface area (Å²) in [5.74, 6) is 0.0331. The summed E-state index contributed by atoms with van der Waals surface area (Å²) in [5, 5.41) is 14.5. The number of nitrogens with one attached hydrogen (secondary N) is 2. The van der Waals surface area contributed by atoms with E-state index in [1.165, 1.54) is 6.07 Å². The van der Waals surface area contributed by atoms with Crippen LogP contribution in [0.1, 0.15) is 40.1 Å². The van der Waals surface area contributed by atoms with Gasteiger partial charge < -0.3 is 15.4 Å². The van der Waals surface area contributed by atoms with Crippen molar-refractivity contribution < 1.29 is 14.3 Å². The lowest BCUT2D eigenvalue weighted by atomic mass is 10.1. The normalized spacial score (nSPS) is 10.2. The highest BCUT2D eigenvalue weighted by Gasteiger charge is 2.12. The van der Waals surface area contributed by atoms with E-state index in [1.807, 2.05) is 19.9 Å². The smallest absolute Gasteiger partial charge is 0.255 e. The van der Waals surface area contributed by atoms with Gasteiger partial charge in [0.1, 0.15) is 5.75 Å². The van der Waals surface area contributed by atoms with Crippen LogP contribution < -0.4 is 15.4 Å². The zero-order valence-electron chi connectivity index (χ0n) is 16.7. The summed E-state index contributed by atoms with van der Waals surface area (Å²) < 4.78 is 5.59. The van der Waals surface area contributed by atoms with E-state index in [1.54, 1.807) is 66.7 Å². The lowest BCUT2D eigenvalue weighted by molar-refractivity contribution is 0.102. The molecule has 0 spiro atoms. The van der Waals surface area contributed by atoms with E-state index in [0.717, 1.165) is 5.75 Å². The van der Waals surface area contributed by atoms with Gasteiger partial charge in [0.05, 0.1) is 17.7 Å². The molecule has 30 heavy (non-hydrogen) atoms. The molecule has 3 rings (SSSR count). The maximum Gasteiger partial charge on any atom is 0.255 e. The van der Waals surface area contributed by atoms with Gasteiger partial charge in [0.2, 0.25) is 0 Å². The van der Waals surface area contributed by atoms with Crippen LogP contribution in [0.25, 0.3) is 0 Å². The Hall–Kier alpha value is -4.11. The van der Waals surface area contributed by atoms with E-state index in [0.29, 0.717) is 28.1 Å². The molecule has 0 aliphatic heterocycles. The van der Waals surface area contributed by atoms with Crippen molar-refractivity contribution in [3.05, 3.63) is 89.5 Å². The van der Waals surface area contributed by atoms with Gasteiger partial charge in [-0.15, -0.1) is 0 Å².